The van der Waals surface area contributed by atoms with Crippen LogP contribution in [0.25, 0.3) is 53.9 Å². The van der Waals surface area contributed by atoms with Gasteiger partial charge in [0, 0.05) is 34.1 Å². The van der Waals surface area contributed by atoms with Gasteiger partial charge in [-0.15, -0.1) is 11.3 Å². The van der Waals surface area contributed by atoms with Crippen molar-refractivity contribution in [1.82, 2.24) is 14.8 Å². The minimum absolute atomic E-state index is 0.608. The minimum Gasteiger partial charge on any atom is -0.479 e. The van der Waals surface area contributed by atoms with Crippen LogP contribution in [-0.2, 0) is 16.6 Å². The molecule has 1 N–H and O–H groups in total. The van der Waals surface area contributed by atoms with E-state index in [4.69, 9.17) is 21.3 Å². The topological polar surface area (TPSA) is 77.2 Å². The van der Waals surface area contributed by atoms with Crippen LogP contribution in [0, 0.1) is 6.92 Å². The summed E-state index contributed by atoms with van der Waals surface area (Å²) >= 11 is 7.79. The monoisotopic (exact) mass is 595 g/mol. The molecule has 0 bridgehead atoms. The Kier molecular flexibility index (Phi) is 7.13. The van der Waals surface area contributed by atoms with E-state index < -0.39 is 17.7 Å². The molecule has 42 heavy (non-hydrogen) atoms. The molecule has 0 unspecified atom stereocenters. The van der Waals surface area contributed by atoms with Crippen LogP contribution in [0.2, 0.25) is 5.02 Å². The Bertz CT molecular complexity index is 1970. The largest absolute Gasteiger partial charge is 0.479 e. The molecule has 1 atom stereocenters. The van der Waals surface area contributed by atoms with Crippen LogP contribution >= 0.6 is 22.9 Å². The summed E-state index contributed by atoms with van der Waals surface area (Å²) in [5, 5.41) is 17.2. The van der Waals surface area contributed by atoms with E-state index >= 15 is 0 Å². The van der Waals surface area contributed by atoms with Crippen molar-refractivity contribution >= 4 is 50.0 Å². The highest BCUT2D eigenvalue weighted by Crippen LogP contribution is 2.44. The van der Waals surface area contributed by atoms with Crippen LogP contribution in [-0.4, -0.2) is 31.4 Å². The van der Waals surface area contributed by atoms with Crippen molar-refractivity contribution in [2.45, 2.75) is 39.4 Å². The van der Waals surface area contributed by atoms with Crippen molar-refractivity contribution in [2.24, 2.45) is 7.05 Å². The number of aromatic nitrogens is 3. The van der Waals surface area contributed by atoms with Gasteiger partial charge in [-0.3, -0.25) is 4.68 Å². The normalized spacial score (nSPS) is 12.7. The number of hydrogen-bond donors (Lipinski definition) is 1. The first-order valence-corrected chi connectivity index (χ1v) is 14.8. The molecule has 6 rings (SSSR count). The molecule has 0 fully saturated rings. The van der Waals surface area contributed by atoms with E-state index in [1.54, 1.807) is 11.3 Å². The zero-order chi connectivity index (χ0) is 29.8. The van der Waals surface area contributed by atoms with Gasteiger partial charge in [-0.1, -0.05) is 48.0 Å². The van der Waals surface area contributed by atoms with Crippen molar-refractivity contribution in [3.8, 4) is 32.8 Å². The first kappa shape index (κ1) is 28.1. The van der Waals surface area contributed by atoms with Crippen LogP contribution < -0.4 is 0 Å². The first-order chi connectivity index (χ1) is 20.0. The smallest absolute Gasteiger partial charge is 0.337 e. The number of nitrogens with zero attached hydrogens (tertiary/aromatic N) is 3. The number of thiazole rings is 1. The van der Waals surface area contributed by atoms with Gasteiger partial charge in [0.05, 0.1) is 27.5 Å². The highest BCUT2D eigenvalue weighted by Gasteiger charge is 2.32. The summed E-state index contributed by atoms with van der Waals surface area (Å²) in [7, 11) is 1.94. The molecular formula is C34H30ClN3O3S. The van der Waals surface area contributed by atoms with E-state index in [1.807, 2.05) is 82.0 Å². The average Bonchev–Trinajstić information content (AvgIpc) is 3.54. The number of carboxylic acid groups (broad SMARTS) is 1. The van der Waals surface area contributed by atoms with Gasteiger partial charge in [-0.2, -0.15) is 5.10 Å². The third kappa shape index (κ3) is 5.31. The average molecular weight is 596 g/mol. The van der Waals surface area contributed by atoms with Gasteiger partial charge in [-0.25, -0.2) is 9.78 Å². The van der Waals surface area contributed by atoms with Crippen molar-refractivity contribution in [3.05, 3.63) is 95.1 Å². The number of carbonyl (C=O) groups is 1. The van der Waals surface area contributed by atoms with Crippen LogP contribution in [0.15, 0.2) is 79.0 Å². The Balaban J connectivity index is 1.53. The second-order valence-corrected chi connectivity index (χ2v) is 12.9. The molecule has 4 aromatic carbocycles. The second kappa shape index (κ2) is 10.7. The zero-order valence-corrected chi connectivity index (χ0v) is 25.5. The van der Waals surface area contributed by atoms with Crippen LogP contribution in [0.4, 0.5) is 0 Å². The molecule has 2 heterocycles. The predicted molar refractivity (Wildman–Crippen MR) is 171 cm³/mol. The molecule has 6 nitrogen and oxygen atoms in total. The third-order valence-electron chi connectivity index (χ3n) is 7.21. The van der Waals surface area contributed by atoms with E-state index in [0.29, 0.717) is 10.6 Å². The number of carboxylic acids is 1. The summed E-state index contributed by atoms with van der Waals surface area (Å²) in [4.78, 5) is 17.7. The maximum absolute atomic E-state index is 12.6. The van der Waals surface area contributed by atoms with Gasteiger partial charge in [0.1, 0.15) is 5.01 Å². The minimum atomic E-state index is -1.16. The lowest BCUT2D eigenvalue weighted by atomic mass is 9.91. The summed E-state index contributed by atoms with van der Waals surface area (Å²) < 4.78 is 8.91. The summed E-state index contributed by atoms with van der Waals surface area (Å²) in [6.45, 7) is 7.51. The third-order valence-corrected chi connectivity index (χ3v) is 8.60. The molecule has 2 aromatic heterocycles. The molecule has 6 aromatic rings. The molecule has 0 radical (unpaired) electrons. The van der Waals surface area contributed by atoms with E-state index in [-0.39, 0.29) is 0 Å². The molecule has 0 saturated carbocycles. The summed E-state index contributed by atoms with van der Waals surface area (Å²) in [5.41, 5.74) is 7.49. The van der Waals surface area contributed by atoms with Gasteiger partial charge >= 0.3 is 5.97 Å². The standard InChI is InChI=1S/C34H30ClN3O3S/c1-19-15-26-31(29(20-9-12-25(35)13-10-20)28(19)30(33(39)40)41-34(2,3)4)42-32(37-26)23-8-6-7-21(16-23)22-11-14-27-24(17-22)18-36-38(27)5/h6-18,30H,1-5H3,(H,39,40)/t30-/m0/s1. The number of ether oxygens (including phenoxy) is 1. The number of hydrogen-bond acceptors (Lipinski definition) is 5. The molecule has 0 spiro atoms. The van der Waals surface area contributed by atoms with Crippen molar-refractivity contribution < 1.29 is 14.6 Å². The van der Waals surface area contributed by atoms with Crippen molar-refractivity contribution in [1.29, 1.82) is 0 Å². The Labute approximate surface area is 253 Å². The quantitative estimate of drug-likeness (QED) is 0.208. The number of aliphatic carboxylic acids is 1. The fraction of sp³-hybridized carbons (Fsp3) is 0.206. The van der Waals surface area contributed by atoms with Crippen LogP contribution in [0.1, 0.15) is 38.0 Å². The molecule has 0 aliphatic rings. The number of benzene rings is 4. The number of rotatable bonds is 6. The Morgan fingerprint density at radius 3 is 2.38 bits per heavy atom. The SMILES string of the molecule is Cc1cc2nc(-c3cccc(-c4ccc5c(cnn5C)c4)c3)sc2c(-c2ccc(Cl)cc2)c1[C@H](OC(C)(C)C)C(=O)O. The van der Waals surface area contributed by atoms with Gasteiger partial charge in [0.2, 0.25) is 0 Å². The Morgan fingerprint density at radius 1 is 0.976 bits per heavy atom. The summed E-state index contributed by atoms with van der Waals surface area (Å²) in [5.74, 6) is -1.04. The lowest BCUT2D eigenvalue weighted by molar-refractivity contribution is -0.160. The maximum Gasteiger partial charge on any atom is 0.337 e. The molecule has 212 valence electrons. The molecule has 0 aliphatic carbocycles. The predicted octanol–water partition coefficient (Wildman–Crippen LogP) is 9.09. The van der Waals surface area contributed by atoms with Gasteiger partial charge < -0.3 is 9.84 Å². The number of halogens is 1. The maximum atomic E-state index is 12.6. The van der Waals surface area contributed by atoms with Gasteiger partial charge in [-0.05, 0) is 86.3 Å². The fourth-order valence-electron chi connectivity index (χ4n) is 5.34. The number of aryl methyl sites for hydroxylation is 2. The van der Waals surface area contributed by atoms with E-state index in [0.717, 1.165) is 59.5 Å². The first-order valence-electron chi connectivity index (χ1n) is 13.6. The summed E-state index contributed by atoms with van der Waals surface area (Å²) in [6.07, 6.45) is 0.721. The lowest BCUT2D eigenvalue weighted by Gasteiger charge is -2.28. The van der Waals surface area contributed by atoms with E-state index in [9.17, 15) is 9.90 Å². The van der Waals surface area contributed by atoms with Crippen LogP contribution in [0.3, 0.4) is 0 Å². The lowest BCUT2D eigenvalue weighted by Crippen LogP contribution is -2.28. The Morgan fingerprint density at radius 2 is 1.67 bits per heavy atom. The molecule has 0 aliphatic heterocycles. The summed E-state index contributed by atoms with van der Waals surface area (Å²) in [6, 6.07) is 24.1. The van der Waals surface area contributed by atoms with Crippen molar-refractivity contribution in [3.63, 3.8) is 0 Å². The van der Waals surface area contributed by atoms with Gasteiger partial charge in [0.15, 0.2) is 6.10 Å². The fourth-order valence-corrected chi connectivity index (χ4v) is 6.58. The highest BCUT2D eigenvalue weighted by molar-refractivity contribution is 7.22. The molecule has 8 heteroatoms. The molecule has 0 saturated heterocycles. The van der Waals surface area contributed by atoms with Gasteiger partial charge in [0.25, 0.3) is 0 Å². The molecular weight excluding hydrogens is 566 g/mol. The Hall–Kier alpha value is -4.04. The van der Waals surface area contributed by atoms with E-state index in [1.165, 1.54) is 0 Å². The zero-order valence-electron chi connectivity index (χ0n) is 24.0. The second-order valence-electron chi connectivity index (χ2n) is 11.4. The number of fused-ring (bicyclic) bond motifs is 2. The van der Waals surface area contributed by atoms with Crippen molar-refractivity contribution in [2.75, 3.05) is 0 Å². The van der Waals surface area contributed by atoms with E-state index in [2.05, 4.69) is 41.5 Å². The highest BCUT2D eigenvalue weighted by atomic mass is 35.5. The molecule has 0 amide bonds. The van der Waals surface area contributed by atoms with Crippen LogP contribution in [0.5, 0.6) is 0 Å².